The Morgan fingerprint density at radius 3 is 1.09 bits per heavy atom. The van der Waals surface area contributed by atoms with E-state index in [9.17, 15) is 10.2 Å². The molecule has 0 aliphatic carbocycles. The van der Waals surface area contributed by atoms with Gasteiger partial charge in [0.1, 0.15) is 0 Å². The lowest BCUT2D eigenvalue weighted by atomic mass is 9.79. The summed E-state index contributed by atoms with van der Waals surface area (Å²) in [5, 5.41) is 23.2. The van der Waals surface area contributed by atoms with Crippen LogP contribution < -0.4 is 0 Å². The first kappa shape index (κ1) is 28.9. The van der Waals surface area contributed by atoms with Crippen LogP contribution in [-0.4, -0.2) is 51.3 Å². The lowest BCUT2D eigenvalue weighted by Crippen LogP contribution is -2.53. The largest absolute Gasteiger partial charge is 0.387 e. The molecular formula is C36H32N6O2. The highest BCUT2D eigenvalue weighted by Gasteiger charge is 2.42. The summed E-state index contributed by atoms with van der Waals surface area (Å²) in [6, 6.07) is 34.1. The van der Waals surface area contributed by atoms with Gasteiger partial charge in [-0.05, 0) is 86.6 Å². The SMILES string of the molecule is CC(O)(Cc1cccc(-c2cccc(-c3ccccn3)n2)n1)C(C)(O)Cc1cccc(-c2cccc(-c3ccccn3)n2)n1. The third-order valence-corrected chi connectivity index (χ3v) is 7.70. The van der Waals surface area contributed by atoms with Gasteiger partial charge >= 0.3 is 0 Å². The van der Waals surface area contributed by atoms with E-state index < -0.39 is 11.2 Å². The van der Waals surface area contributed by atoms with Crippen LogP contribution in [0.3, 0.4) is 0 Å². The van der Waals surface area contributed by atoms with E-state index in [4.69, 9.17) is 19.9 Å². The van der Waals surface area contributed by atoms with E-state index >= 15 is 0 Å². The topological polar surface area (TPSA) is 118 Å². The van der Waals surface area contributed by atoms with E-state index in [1.807, 2.05) is 109 Å². The fraction of sp³-hybridized carbons (Fsp3) is 0.167. The van der Waals surface area contributed by atoms with Gasteiger partial charge in [-0.1, -0.05) is 36.4 Å². The Bertz CT molecular complexity index is 1740. The van der Waals surface area contributed by atoms with Crippen LogP contribution in [0.2, 0.25) is 0 Å². The van der Waals surface area contributed by atoms with E-state index in [-0.39, 0.29) is 12.8 Å². The molecule has 2 unspecified atom stereocenters. The highest BCUT2D eigenvalue weighted by atomic mass is 16.4. The van der Waals surface area contributed by atoms with Gasteiger partial charge in [-0.25, -0.2) is 9.97 Å². The van der Waals surface area contributed by atoms with Crippen LogP contribution in [0.4, 0.5) is 0 Å². The molecule has 0 saturated heterocycles. The maximum absolute atomic E-state index is 11.6. The van der Waals surface area contributed by atoms with Crippen molar-refractivity contribution in [3.05, 3.63) is 133 Å². The molecule has 6 rings (SSSR count). The Morgan fingerprint density at radius 1 is 0.409 bits per heavy atom. The second-order valence-electron chi connectivity index (χ2n) is 11.2. The minimum atomic E-state index is -1.52. The van der Waals surface area contributed by atoms with Gasteiger partial charge in [0.05, 0.1) is 56.8 Å². The number of hydrogen-bond donors (Lipinski definition) is 2. The normalized spacial score (nSPS) is 14.0. The second kappa shape index (κ2) is 12.2. The summed E-state index contributed by atoms with van der Waals surface area (Å²) in [7, 11) is 0. The molecule has 0 saturated carbocycles. The quantitative estimate of drug-likeness (QED) is 0.213. The molecule has 8 heteroatoms. The second-order valence-corrected chi connectivity index (χ2v) is 11.2. The third kappa shape index (κ3) is 6.41. The van der Waals surface area contributed by atoms with Crippen molar-refractivity contribution in [1.82, 2.24) is 29.9 Å². The van der Waals surface area contributed by atoms with Crippen molar-refractivity contribution in [2.45, 2.75) is 37.9 Å². The van der Waals surface area contributed by atoms with E-state index in [2.05, 4.69) is 9.97 Å². The summed E-state index contributed by atoms with van der Waals surface area (Å²) in [4.78, 5) is 27.9. The van der Waals surface area contributed by atoms with Gasteiger partial charge in [0.25, 0.3) is 0 Å². The molecule has 6 heterocycles. The first-order valence-electron chi connectivity index (χ1n) is 14.4. The molecule has 0 spiro atoms. The van der Waals surface area contributed by atoms with Crippen LogP contribution in [0.1, 0.15) is 25.2 Å². The van der Waals surface area contributed by atoms with Crippen molar-refractivity contribution in [3.8, 4) is 45.6 Å². The zero-order valence-corrected chi connectivity index (χ0v) is 24.5. The van der Waals surface area contributed by atoms with E-state index in [1.165, 1.54) is 0 Å². The predicted molar refractivity (Wildman–Crippen MR) is 170 cm³/mol. The Kier molecular flexibility index (Phi) is 8.02. The number of pyridine rings is 6. The van der Waals surface area contributed by atoms with E-state index in [1.54, 1.807) is 26.2 Å². The summed E-state index contributed by atoms with van der Waals surface area (Å²) < 4.78 is 0. The van der Waals surface area contributed by atoms with Gasteiger partial charge in [0.2, 0.25) is 0 Å². The minimum absolute atomic E-state index is 0.126. The van der Waals surface area contributed by atoms with Crippen molar-refractivity contribution in [2.75, 3.05) is 0 Å². The zero-order chi connectivity index (χ0) is 30.6. The standard InChI is InChI=1S/C36H32N6O2/c1-35(43,23-25-11-7-15-31(39-25)33-19-9-17-29(41-33)27-13-3-5-21-37-27)36(2,44)24-26-12-8-16-32(40-26)34-20-10-18-30(42-34)28-14-4-6-22-38-28/h3-22,43-44H,23-24H2,1-2H3. The molecule has 0 radical (unpaired) electrons. The molecule has 6 aromatic heterocycles. The molecule has 0 amide bonds. The lowest BCUT2D eigenvalue weighted by molar-refractivity contribution is -0.130. The molecular weight excluding hydrogens is 548 g/mol. The molecule has 0 bridgehead atoms. The Balaban J connectivity index is 1.20. The van der Waals surface area contributed by atoms with E-state index in [0.717, 1.165) is 22.8 Å². The average molecular weight is 581 g/mol. The summed E-state index contributed by atoms with van der Waals surface area (Å²) in [6.45, 7) is 3.26. The van der Waals surface area contributed by atoms with Gasteiger partial charge in [0.15, 0.2) is 0 Å². The van der Waals surface area contributed by atoms with Gasteiger partial charge in [-0.15, -0.1) is 0 Å². The molecule has 44 heavy (non-hydrogen) atoms. The van der Waals surface area contributed by atoms with Crippen LogP contribution in [0.25, 0.3) is 45.6 Å². The van der Waals surface area contributed by atoms with Crippen molar-refractivity contribution in [1.29, 1.82) is 0 Å². The number of aliphatic hydroxyl groups is 2. The molecule has 8 nitrogen and oxygen atoms in total. The summed E-state index contributed by atoms with van der Waals surface area (Å²) >= 11 is 0. The Hall–Kier alpha value is -5.18. The van der Waals surface area contributed by atoms with Crippen molar-refractivity contribution < 1.29 is 10.2 Å². The molecule has 218 valence electrons. The molecule has 0 aliphatic rings. The van der Waals surface area contributed by atoms with Crippen LogP contribution in [0, 0.1) is 0 Å². The Labute approximate surface area is 256 Å². The highest BCUT2D eigenvalue weighted by Crippen LogP contribution is 2.30. The fourth-order valence-electron chi connectivity index (χ4n) is 5.00. The van der Waals surface area contributed by atoms with Gasteiger partial charge in [0, 0.05) is 36.6 Å². The molecule has 0 aliphatic heterocycles. The predicted octanol–water partition coefficient (Wildman–Crippen LogP) is 6.01. The highest BCUT2D eigenvalue weighted by molar-refractivity contribution is 5.62. The summed E-state index contributed by atoms with van der Waals surface area (Å²) in [6.07, 6.45) is 3.73. The first-order valence-corrected chi connectivity index (χ1v) is 14.4. The molecule has 2 atom stereocenters. The number of nitrogens with zero attached hydrogens (tertiary/aromatic N) is 6. The molecule has 2 N–H and O–H groups in total. The first-order chi connectivity index (χ1) is 21.3. The maximum atomic E-state index is 11.6. The Morgan fingerprint density at radius 2 is 0.727 bits per heavy atom. The smallest absolute Gasteiger partial charge is 0.0961 e. The minimum Gasteiger partial charge on any atom is -0.387 e. The van der Waals surface area contributed by atoms with Crippen LogP contribution in [-0.2, 0) is 12.8 Å². The van der Waals surface area contributed by atoms with Crippen molar-refractivity contribution >= 4 is 0 Å². The third-order valence-electron chi connectivity index (χ3n) is 7.70. The fourth-order valence-corrected chi connectivity index (χ4v) is 5.00. The summed E-state index contributed by atoms with van der Waals surface area (Å²) in [5.74, 6) is 0. The maximum Gasteiger partial charge on any atom is 0.0961 e. The molecule has 0 fully saturated rings. The molecule has 6 aromatic rings. The van der Waals surface area contributed by atoms with Crippen molar-refractivity contribution in [2.24, 2.45) is 0 Å². The number of hydrogen-bond acceptors (Lipinski definition) is 8. The van der Waals surface area contributed by atoms with Gasteiger partial charge in [-0.3, -0.25) is 19.9 Å². The van der Waals surface area contributed by atoms with E-state index in [0.29, 0.717) is 34.2 Å². The number of rotatable bonds is 9. The van der Waals surface area contributed by atoms with Crippen LogP contribution in [0.15, 0.2) is 122 Å². The summed E-state index contributed by atoms with van der Waals surface area (Å²) in [5.41, 5.74) is 4.02. The van der Waals surface area contributed by atoms with Gasteiger partial charge < -0.3 is 10.2 Å². The lowest BCUT2D eigenvalue weighted by Gasteiger charge is -2.38. The van der Waals surface area contributed by atoms with Crippen molar-refractivity contribution in [3.63, 3.8) is 0 Å². The monoisotopic (exact) mass is 580 g/mol. The van der Waals surface area contributed by atoms with Crippen LogP contribution >= 0.6 is 0 Å². The van der Waals surface area contributed by atoms with Crippen LogP contribution in [0.5, 0.6) is 0 Å². The molecule has 0 aromatic carbocycles. The zero-order valence-electron chi connectivity index (χ0n) is 24.5. The van der Waals surface area contributed by atoms with Gasteiger partial charge in [-0.2, -0.15) is 0 Å². The average Bonchev–Trinajstić information content (AvgIpc) is 3.05. The number of aromatic nitrogens is 6.